The molecule has 19 heavy (non-hydrogen) atoms. The number of hydrogen-bond acceptors (Lipinski definition) is 0. The largest absolute Gasteiger partial charge is 0.208 e. The first kappa shape index (κ1) is 19.4. The summed E-state index contributed by atoms with van der Waals surface area (Å²) in [6, 6.07) is 0. The molecule has 104 valence electrons. The molecule has 0 nitrogen and oxygen atoms in total. The minimum Gasteiger partial charge on any atom is -0.208 e. The van der Waals surface area contributed by atoms with Gasteiger partial charge in [-0.15, -0.1) is 0 Å². The van der Waals surface area contributed by atoms with Gasteiger partial charge >= 0.3 is 0 Å². The van der Waals surface area contributed by atoms with E-state index >= 15 is 0 Å². The molecule has 0 atom stereocenters. The number of allylic oxidation sites excluding steroid dienone is 10. The molecule has 0 rings (SSSR count). The monoisotopic (exact) mass is 264 g/mol. The molecule has 0 aromatic heterocycles. The van der Waals surface area contributed by atoms with Crippen LogP contribution in [0.4, 0.5) is 8.78 Å². The lowest BCUT2D eigenvalue weighted by molar-refractivity contribution is 0.671. The number of halogens is 2. The van der Waals surface area contributed by atoms with Crippen LogP contribution in [0, 0.1) is 0 Å². The van der Waals surface area contributed by atoms with Crippen molar-refractivity contribution < 1.29 is 8.78 Å². The van der Waals surface area contributed by atoms with Crippen LogP contribution in [0.1, 0.15) is 20.8 Å². The summed E-state index contributed by atoms with van der Waals surface area (Å²) in [7, 11) is 0. The molecule has 0 radical (unpaired) electrons. The minimum atomic E-state index is -0.556. The number of rotatable bonds is 6. The Morgan fingerprint density at radius 2 is 1.05 bits per heavy atom. The molecule has 0 aromatic carbocycles. The highest BCUT2D eigenvalue weighted by Gasteiger charge is 2.01. The fourth-order valence-corrected chi connectivity index (χ4v) is 1.14. The zero-order valence-electron chi connectivity index (χ0n) is 12.0. The van der Waals surface area contributed by atoms with E-state index in [0.29, 0.717) is 16.7 Å². The van der Waals surface area contributed by atoms with E-state index < -0.39 is 11.7 Å². The van der Waals surface area contributed by atoms with E-state index in [9.17, 15) is 8.78 Å². The van der Waals surface area contributed by atoms with Crippen LogP contribution in [0.5, 0.6) is 0 Å². The molecular weight excluding hydrogens is 242 g/mol. The molecule has 0 aliphatic rings. The summed E-state index contributed by atoms with van der Waals surface area (Å²) in [5.74, 6) is -1.11. The topological polar surface area (TPSA) is 0 Å². The second-order valence-electron chi connectivity index (χ2n) is 3.31. The van der Waals surface area contributed by atoms with Crippen molar-refractivity contribution >= 4 is 0 Å². The van der Waals surface area contributed by atoms with Gasteiger partial charge in [-0.25, -0.2) is 8.78 Å². The molecule has 0 bridgehead atoms. The summed E-state index contributed by atoms with van der Waals surface area (Å²) < 4.78 is 24.9. The molecule has 0 fully saturated rings. The van der Waals surface area contributed by atoms with Gasteiger partial charge in [0.2, 0.25) is 0 Å². The summed E-state index contributed by atoms with van der Waals surface area (Å²) in [5.41, 5.74) is 1.86. The van der Waals surface area contributed by atoms with Gasteiger partial charge < -0.3 is 0 Å². The van der Waals surface area contributed by atoms with E-state index in [1.807, 2.05) is 13.8 Å². The minimum absolute atomic E-state index is 0.556. The molecule has 0 amide bonds. The van der Waals surface area contributed by atoms with Gasteiger partial charge in [0.15, 0.2) is 0 Å². The highest BCUT2D eigenvalue weighted by atomic mass is 19.1. The van der Waals surface area contributed by atoms with Gasteiger partial charge in [-0.2, -0.15) is 0 Å². The van der Waals surface area contributed by atoms with Crippen LogP contribution in [0.3, 0.4) is 0 Å². The zero-order valence-corrected chi connectivity index (χ0v) is 12.0. The lowest BCUT2D eigenvalue weighted by Crippen LogP contribution is -1.87. The van der Waals surface area contributed by atoms with Gasteiger partial charge in [0, 0.05) is 0 Å². The van der Waals surface area contributed by atoms with Crippen LogP contribution in [0.15, 0.2) is 85.1 Å². The van der Waals surface area contributed by atoms with E-state index in [2.05, 4.69) is 26.3 Å². The van der Waals surface area contributed by atoms with E-state index in [4.69, 9.17) is 0 Å². The molecule has 0 heterocycles. The Balaban J connectivity index is 0. The third-order valence-corrected chi connectivity index (χ3v) is 1.91. The average molecular weight is 264 g/mol. The SMILES string of the molecule is C=C(F)/C=C\C(=C)C(=CC)C(=C)/C=C\C(=C)F.CC. The lowest BCUT2D eigenvalue weighted by atomic mass is 9.99. The first-order valence-corrected chi connectivity index (χ1v) is 5.98. The molecule has 2 heteroatoms. The van der Waals surface area contributed by atoms with Crippen molar-refractivity contribution in [2.75, 3.05) is 0 Å². The fourth-order valence-electron chi connectivity index (χ4n) is 1.14. The van der Waals surface area contributed by atoms with Crippen molar-refractivity contribution in [3.05, 3.63) is 85.1 Å². The van der Waals surface area contributed by atoms with Crippen LogP contribution >= 0.6 is 0 Å². The first-order chi connectivity index (χ1) is 8.88. The molecule has 0 saturated heterocycles. The second kappa shape index (κ2) is 11.1. The van der Waals surface area contributed by atoms with Gasteiger partial charge in [0.05, 0.1) is 0 Å². The molecular formula is C17H22F2. The molecule has 0 saturated carbocycles. The molecule has 0 unspecified atom stereocenters. The van der Waals surface area contributed by atoms with Crippen molar-refractivity contribution in [3.63, 3.8) is 0 Å². The third-order valence-electron chi connectivity index (χ3n) is 1.91. The van der Waals surface area contributed by atoms with E-state index in [-0.39, 0.29) is 0 Å². The first-order valence-electron chi connectivity index (χ1n) is 5.98. The van der Waals surface area contributed by atoms with Crippen molar-refractivity contribution in [1.29, 1.82) is 0 Å². The average Bonchev–Trinajstić information content (AvgIpc) is 2.37. The zero-order chi connectivity index (χ0) is 15.4. The summed E-state index contributed by atoms with van der Waals surface area (Å²) >= 11 is 0. The Morgan fingerprint density at radius 1 is 0.737 bits per heavy atom. The van der Waals surface area contributed by atoms with Crippen molar-refractivity contribution in [2.45, 2.75) is 20.8 Å². The third kappa shape index (κ3) is 9.72. The van der Waals surface area contributed by atoms with E-state index in [1.54, 1.807) is 13.0 Å². The Morgan fingerprint density at radius 3 is 1.26 bits per heavy atom. The Labute approximate surface area is 115 Å². The maximum absolute atomic E-state index is 12.4. The fraction of sp³-hybridized carbons (Fsp3) is 0.176. The normalized spacial score (nSPS) is 9.74. The highest BCUT2D eigenvalue weighted by molar-refractivity contribution is 5.54. The quantitative estimate of drug-likeness (QED) is 0.505. The van der Waals surface area contributed by atoms with Crippen LogP contribution in [0.25, 0.3) is 0 Å². The summed E-state index contributed by atoms with van der Waals surface area (Å²) in [5, 5.41) is 0. The van der Waals surface area contributed by atoms with Crippen LogP contribution in [-0.4, -0.2) is 0 Å². The van der Waals surface area contributed by atoms with E-state index in [1.165, 1.54) is 24.3 Å². The van der Waals surface area contributed by atoms with Crippen molar-refractivity contribution in [3.8, 4) is 0 Å². The van der Waals surface area contributed by atoms with Crippen LogP contribution in [0.2, 0.25) is 0 Å². The predicted octanol–water partition coefficient (Wildman–Crippen LogP) is 6.15. The molecule has 0 aliphatic heterocycles. The van der Waals surface area contributed by atoms with Crippen LogP contribution < -0.4 is 0 Å². The Kier molecular flexibility index (Phi) is 11.4. The second-order valence-corrected chi connectivity index (χ2v) is 3.31. The van der Waals surface area contributed by atoms with Gasteiger partial charge in [-0.05, 0) is 35.8 Å². The van der Waals surface area contributed by atoms with Gasteiger partial charge in [0.25, 0.3) is 0 Å². The predicted molar refractivity (Wildman–Crippen MR) is 82.2 cm³/mol. The smallest absolute Gasteiger partial charge is 0.116 e. The summed E-state index contributed by atoms with van der Waals surface area (Å²) in [6.07, 6.45) is 7.15. The van der Waals surface area contributed by atoms with Gasteiger partial charge in [0.1, 0.15) is 11.7 Å². The molecule has 0 aromatic rings. The summed E-state index contributed by atoms with van der Waals surface area (Å²) in [4.78, 5) is 0. The van der Waals surface area contributed by atoms with Crippen molar-refractivity contribution in [2.24, 2.45) is 0 Å². The Bertz CT molecular complexity index is 394. The summed E-state index contributed by atoms with van der Waals surface area (Å²) in [6.45, 7) is 19.5. The highest BCUT2D eigenvalue weighted by Crippen LogP contribution is 2.20. The van der Waals surface area contributed by atoms with Crippen LogP contribution in [-0.2, 0) is 0 Å². The molecule has 0 N–H and O–H groups in total. The maximum Gasteiger partial charge on any atom is 0.116 e. The molecule has 0 spiro atoms. The lowest BCUT2D eigenvalue weighted by Gasteiger charge is -2.06. The van der Waals surface area contributed by atoms with Gasteiger partial charge in [-0.3, -0.25) is 0 Å². The van der Waals surface area contributed by atoms with Crippen molar-refractivity contribution in [1.82, 2.24) is 0 Å². The van der Waals surface area contributed by atoms with Gasteiger partial charge in [-0.1, -0.05) is 58.4 Å². The molecule has 0 aliphatic carbocycles. The maximum atomic E-state index is 12.4. The standard InChI is InChI=1S/C15H16F2.C2H6/c1-6-15(11(2)7-9-13(4)16)12(3)8-10-14(5)17;1-2/h6-10H,2-5H2,1H3;1-2H3/b9-7-,10-8-;. The van der Waals surface area contributed by atoms with E-state index in [0.717, 1.165) is 0 Å². The number of hydrogen-bond donors (Lipinski definition) is 0. The Hall–Kier alpha value is -1.96.